The maximum atomic E-state index is 5.71. The minimum atomic E-state index is 0.629. The number of nitrogens with two attached hydrogens (primary N) is 1. The van der Waals surface area contributed by atoms with Crippen molar-refractivity contribution in [3.63, 3.8) is 0 Å². The molecule has 0 saturated heterocycles. The number of hydrogen-bond acceptors (Lipinski definition) is 4. The van der Waals surface area contributed by atoms with Crippen LogP contribution in [0.3, 0.4) is 0 Å². The molecule has 4 heteroatoms. The van der Waals surface area contributed by atoms with Crippen LogP contribution in [0.25, 0.3) is 0 Å². The van der Waals surface area contributed by atoms with Crippen LogP contribution in [0.15, 0.2) is 24.3 Å². The van der Waals surface area contributed by atoms with Crippen LogP contribution in [0.2, 0.25) is 0 Å². The van der Waals surface area contributed by atoms with Crippen LogP contribution in [0, 0.1) is 0 Å². The summed E-state index contributed by atoms with van der Waals surface area (Å²) in [5.74, 6) is 2.02. The molecule has 0 aromatic heterocycles. The molecule has 0 bridgehead atoms. The first kappa shape index (κ1) is 15.2. The quantitative estimate of drug-likeness (QED) is 0.736. The smallest absolute Gasteiger partial charge is 0.121 e. The van der Waals surface area contributed by atoms with E-state index in [1.807, 2.05) is 36.0 Å². The van der Waals surface area contributed by atoms with E-state index in [-0.39, 0.29) is 0 Å². The number of nitrogen functional groups attached to an aromatic ring is 1. The van der Waals surface area contributed by atoms with E-state index in [2.05, 4.69) is 25.1 Å². The molecule has 2 N–H and O–H groups in total. The number of ether oxygens (including phenoxy) is 1. The van der Waals surface area contributed by atoms with E-state index in [0.717, 1.165) is 18.0 Å². The van der Waals surface area contributed by atoms with Gasteiger partial charge in [-0.2, -0.15) is 11.8 Å². The Morgan fingerprint density at radius 3 is 2.83 bits per heavy atom. The van der Waals surface area contributed by atoms with Crippen molar-refractivity contribution in [2.75, 3.05) is 37.9 Å². The molecular weight excluding hydrogens is 244 g/mol. The lowest BCUT2D eigenvalue weighted by Gasteiger charge is -2.26. The van der Waals surface area contributed by atoms with Crippen molar-refractivity contribution in [1.82, 2.24) is 4.90 Å². The summed E-state index contributed by atoms with van der Waals surface area (Å²) in [6.07, 6.45) is 3.33. The average Bonchev–Trinajstić information content (AvgIpc) is 2.36. The fraction of sp³-hybridized carbons (Fsp3) is 0.571. The maximum absolute atomic E-state index is 5.71. The van der Waals surface area contributed by atoms with Gasteiger partial charge in [-0.15, -0.1) is 0 Å². The zero-order chi connectivity index (χ0) is 13.4. The fourth-order valence-electron chi connectivity index (χ4n) is 1.84. The first-order valence-corrected chi connectivity index (χ1v) is 7.74. The van der Waals surface area contributed by atoms with Gasteiger partial charge in [-0.3, -0.25) is 4.90 Å². The molecule has 1 atom stereocenters. The summed E-state index contributed by atoms with van der Waals surface area (Å²) in [4.78, 5) is 2.36. The Kier molecular flexibility index (Phi) is 6.98. The van der Waals surface area contributed by atoms with E-state index in [1.54, 1.807) is 0 Å². The predicted molar refractivity (Wildman–Crippen MR) is 81.4 cm³/mol. The Balaban J connectivity index is 2.32. The van der Waals surface area contributed by atoms with E-state index in [9.17, 15) is 0 Å². The summed E-state index contributed by atoms with van der Waals surface area (Å²) in [5.41, 5.74) is 6.45. The summed E-state index contributed by atoms with van der Waals surface area (Å²) < 4.78 is 5.70. The van der Waals surface area contributed by atoms with Crippen LogP contribution in [-0.4, -0.2) is 43.1 Å². The molecular formula is C14H24N2OS. The van der Waals surface area contributed by atoms with Crippen molar-refractivity contribution in [2.24, 2.45) is 0 Å². The van der Waals surface area contributed by atoms with Crippen LogP contribution in [0.5, 0.6) is 5.75 Å². The third-order valence-corrected chi connectivity index (χ3v) is 3.74. The molecule has 18 heavy (non-hydrogen) atoms. The number of benzene rings is 1. The van der Waals surface area contributed by atoms with E-state index in [1.165, 1.54) is 12.2 Å². The van der Waals surface area contributed by atoms with E-state index in [4.69, 9.17) is 10.5 Å². The second kappa shape index (κ2) is 8.27. The molecule has 1 aromatic rings. The number of nitrogens with zero attached hydrogens (tertiary/aromatic N) is 1. The first-order valence-electron chi connectivity index (χ1n) is 6.35. The highest BCUT2D eigenvalue weighted by Gasteiger charge is 2.11. The third-order valence-electron chi connectivity index (χ3n) is 3.02. The molecule has 0 heterocycles. The fourth-order valence-corrected chi connectivity index (χ4v) is 2.72. The molecule has 1 unspecified atom stereocenters. The van der Waals surface area contributed by atoms with Gasteiger partial charge in [0.15, 0.2) is 0 Å². The second-order valence-corrected chi connectivity index (χ2v) is 5.33. The van der Waals surface area contributed by atoms with E-state index in [0.29, 0.717) is 12.6 Å². The van der Waals surface area contributed by atoms with Gasteiger partial charge in [-0.05, 0) is 31.9 Å². The Morgan fingerprint density at radius 1 is 1.44 bits per heavy atom. The van der Waals surface area contributed by atoms with Crippen LogP contribution in [-0.2, 0) is 0 Å². The van der Waals surface area contributed by atoms with Gasteiger partial charge in [0.2, 0.25) is 0 Å². The van der Waals surface area contributed by atoms with E-state index >= 15 is 0 Å². The minimum absolute atomic E-state index is 0.629. The van der Waals surface area contributed by atoms with Gasteiger partial charge in [-0.25, -0.2) is 0 Å². The predicted octanol–water partition coefficient (Wildman–Crippen LogP) is 2.72. The lowest BCUT2D eigenvalue weighted by Crippen LogP contribution is -2.36. The standard InChI is InChI=1S/C14H24N2OS/c1-4-13(11-18-3)16(2)8-9-17-14-7-5-6-12(15)10-14/h5-7,10,13H,4,8-9,11,15H2,1-3H3. The highest BCUT2D eigenvalue weighted by atomic mass is 32.2. The molecule has 0 saturated carbocycles. The van der Waals surface area contributed by atoms with E-state index < -0.39 is 0 Å². The summed E-state index contributed by atoms with van der Waals surface area (Å²) >= 11 is 1.90. The molecule has 0 aliphatic rings. The number of rotatable bonds is 8. The molecule has 3 nitrogen and oxygen atoms in total. The van der Waals surface area contributed by atoms with Crippen molar-refractivity contribution in [2.45, 2.75) is 19.4 Å². The Bertz CT molecular complexity index is 346. The molecule has 0 fully saturated rings. The third kappa shape index (κ3) is 5.19. The molecule has 0 spiro atoms. The van der Waals surface area contributed by atoms with Crippen LogP contribution in [0.1, 0.15) is 13.3 Å². The van der Waals surface area contributed by atoms with Gasteiger partial charge < -0.3 is 10.5 Å². The highest BCUT2D eigenvalue weighted by molar-refractivity contribution is 7.98. The molecule has 0 aliphatic carbocycles. The van der Waals surface area contributed by atoms with Crippen molar-refractivity contribution < 1.29 is 4.74 Å². The van der Waals surface area contributed by atoms with Gasteiger partial charge in [0.25, 0.3) is 0 Å². The maximum Gasteiger partial charge on any atom is 0.121 e. The Morgan fingerprint density at radius 2 is 2.22 bits per heavy atom. The zero-order valence-electron chi connectivity index (χ0n) is 11.6. The average molecular weight is 268 g/mol. The van der Waals surface area contributed by atoms with Crippen LogP contribution >= 0.6 is 11.8 Å². The van der Waals surface area contributed by atoms with Gasteiger partial charge in [-0.1, -0.05) is 13.0 Å². The topological polar surface area (TPSA) is 38.5 Å². The Labute approximate surface area is 115 Å². The summed E-state index contributed by atoms with van der Waals surface area (Å²) in [7, 11) is 2.16. The van der Waals surface area contributed by atoms with Gasteiger partial charge in [0.1, 0.15) is 12.4 Å². The second-order valence-electron chi connectivity index (χ2n) is 4.42. The largest absolute Gasteiger partial charge is 0.492 e. The monoisotopic (exact) mass is 268 g/mol. The molecule has 102 valence electrons. The van der Waals surface area contributed by atoms with Crippen molar-refractivity contribution in [1.29, 1.82) is 0 Å². The van der Waals surface area contributed by atoms with Gasteiger partial charge in [0, 0.05) is 30.1 Å². The van der Waals surface area contributed by atoms with Crippen LogP contribution in [0.4, 0.5) is 5.69 Å². The van der Waals surface area contributed by atoms with Gasteiger partial charge in [0.05, 0.1) is 0 Å². The van der Waals surface area contributed by atoms with Gasteiger partial charge >= 0.3 is 0 Å². The zero-order valence-corrected chi connectivity index (χ0v) is 12.4. The normalized spacial score (nSPS) is 12.7. The molecule has 1 aromatic carbocycles. The minimum Gasteiger partial charge on any atom is -0.492 e. The van der Waals surface area contributed by atoms with Crippen molar-refractivity contribution >= 4 is 17.4 Å². The molecule has 0 aliphatic heterocycles. The molecule has 1 rings (SSSR count). The number of anilines is 1. The molecule has 0 radical (unpaired) electrons. The number of hydrogen-bond donors (Lipinski definition) is 1. The van der Waals surface area contributed by atoms with Crippen molar-refractivity contribution in [3.8, 4) is 5.75 Å². The van der Waals surface area contributed by atoms with Crippen molar-refractivity contribution in [3.05, 3.63) is 24.3 Å². The highest BCUT2D eigenvalue weighted by Crippen LogP contribution is 2.14. The first-order chi connectivity index (χ1) is 8.67. The summed E-state index contributed by atoms with van der Waals surface area (Å²) in [6, 6.07) is 8.21. The lowest BCUT2D eigenvalue weighted by atomic mass is 10.2. The number of thioether (sulfide) groups is 1. The summed E-state index contributed by atoms with van der Waals surface area (Å²) in [5, 5.41) is 0. The number of likely N-dealkylation sites (N-methyl/N-ethyl adjacent to an activating group) is 1. The molecule has 0 amide bonds. The van der Waals surface area contributed by atoms with Crippen LogP contribution < -0.4 is 10.5 Å². The Hall–Kier alpha value is -0.870. The summed E-state index contributed by atoms with van der Waals surface area (Å²) in [6.45, 7) is 3.87. The lowest BCUT2D eigenvalue weighted by molar-refractivity contribution is 0.199. The SMILES string of the molecule is CCC(CSC)N(C)CCOc1cccc(N)c1.